The van der Waals surface area contributed by atoms with Crippen molar-refractivity contribution in [2.45, 2.75) is 0 Å². The number of nitrogens with zero attached hydrogens (tertiary/aromatic N) is 3. The van der Waals surface area contributed by atoms with Crippen molar-refractivity contribution in [1.82, 2.24) is 9.38 Å². The van der Waals surface area contributed by atoms with Crippen LogP contribution in [0.2, 0.25) is 0 Å². The Morgan fingerprint density at radius 1 is 1.62 bits per heavy atom. The molecule has 0 N–H and O–H groups in total. The largest absolute Gasteiger partial charge is 0.288 e. The molecule has 0 radical (unpaired) electrons. The van der Waals surface area contributed by atoms with E-state index in [0.717, 1.165) is 0 Å². The van der Waals surface area contributed by atoms with Crippen LogP contribution in [0.5, 0.6) is 0 Å². The molecule has 2 heterocycles. The third kappa shape index (κ3) is 1.11. The predicted octanol–water partition coefficient (Wildman–Crippen LogP) is 2.11. The monoisotopic (exact) mass is 239 g/mol. The molecule has 2 rings (SSSR count). The molecule has 0 saturated carbocycles. The van der Waals surface area contributed by atoms with Gasteiger partial charge in [-0.15, -0.1) is 0 Å². The fourth-order valence-corrected chi connectivity index (χ4v) is 1.68. The normalized spacial score (nSPS) is 10.2. The average molecular weight is 240 g/mol. The van der Waals surface area contributed by atoms with Crippen LogP contribution in [0.4, 0.5) is 4.39 Å². The number of rotatable bonds is 0. The number of hydrogen-bond donors (Lipinski definition) is 0. The number of pyridine rings is 1. The molecule has 0 aromatic carbocycles. The maximum absolute atomic E-state index is 13.2. The molecule has 0 aliphatic heterocycles. The molecule has 0 amide bonds. The lowest BCUT2D eigenvalue weighted by Crippen LogP contribution is -1.89. The number of hydrogen-bond acceptors (Lipinski definition) is 2. The number of aromatic nitrogens is 2. The minimum absolute atomic E-state index is 0.168. The second-order valence-electron chi connectivity index (χ2n) is 2.41. The van der Waals surface area contributed by atoms with E-state index in [1.54, 1.807) is 6.20 Å². The summed E-state index contributed by atoms with van der Waals surface area (Å²) in [5, 5.41) is 8.66. The van der Waals surface area contributed by atoms with E-state index in [2.05, 4.69) is 20.9 Å². The standard InChI is InChI=1S/C8H3BrFN3/c9-8-7-5(10)2-1-3-13(7)6(4-11)12-8/h1-3H. The van der Waals surface area contributed by atoms with Crippen LogP contribution in [0.15, 0.2) is 22.9 Å². The first-order chi connectivity index (χ1) is 6.24. The molecule has 0 bridgehead atoms. The third-order valence-electron chi connectivity index (χ3n) is 1.67. The molecule has 0 saturated heterocycles. The third-order valence-corrected chi connectivity index (χ3v) is 2.23. The van der Waals surface area contributed by atoms with Crippen LogP contribution in [0.1, 0.15) is 5.82 Å². The average Bonchev–Trinajstić information content (AvgIpc) is 2.44. The van der Waals surface area contributed by atoms with Gasteiger partial charge in [-0.2, -0.15) is 5.26 Å². The smallest absolute Gasteiger partial charge is 0.218 e. The highest BCUT2D eigenvalue weighted by Crippen LogP contribution is 2.20. The Labute approximate surface area is 81.6 Å². The lowest BCUT2D eigenvalue weighted by atomic mass is 10.4. The van der Waals surface area contributed by atoms with Gasteiger partial charge in [0.25, 0.3) is 0 Å². The van der Waals surface area contributed by atoms with Crippen molar-refractivity contribution in [3.05, 3.63) is 34.6 Å². The Hall–Kier alpha value is -1.41. The zero-order valence-corrected chi connectivity index (χ0v) is 7.92. The van der Waals surface area contributed by atoms with Gasteiger partial charge in [-0.05, 0) is 28.1 Å². The van der Waals surface area contributed by atoms with Gasteiger partial charge in [-0.25, -0.2) is 9.37 Å². The van der Waals surface area contributed by atoms with Crippen molar-refractivity contribution in [1.29, 1.82) is 5.26 Å². The molecule has 0 atom stereocenters. The minimum atomic E-state index is -0.400. The summed E-state index contributed by atoms with van der Waals surface area (Å²) in [5.74, 6) is -0.232. The number of imidazole rings is 1. The summed E-state index contributed by atoms with van der Waals surface area (Å²) in [6.45, 7) is 0. The van der Waals surface area contributed by atoms with Crippen molar-refractivity contribution in [2.24, 2.45) is 0 Å². The Morgan fingerprint density at radius 2 is 2.38 bits per heavy atom. The van der Waals surface area contributed by atoms with Crippen molar-refractivity contribution in [2.75, 3.05) is 0 Å². The second-order valence-corrected chi connectivity index (χ2v) is 3.16. The SMILES string of the molecule is N#Cc1nc(Br)c2c(F)cccn12. The van der Waals surface area contributed by atoms with Gasteiger partial charge in [-0.3, -0.25) is 4.40 Å². The summed E-state index contributed by atoms with van der Waals surface area (Å²) in [7, 11) is 0. The topological polar surface area (TPSA) is 41.1 Å². The number of halogens is 2. The summed E-state index contributed by atoms with van der Waals surface area (Å²) >= 11 is 3.09. The first-order valence-corrected chi connectivity index (χ1v) is 4.25. The maximum atomic E-state index is 13.2. The van der Waals surface area contributed by atoms with Gasteiger partial charge < -0.3 is 0 Å². The van der Waals surface area contributed by atoms with E-state index >= 15 is 0 Å². The van der Waals surface area contributed by atoms with E-state index in [4.69, 9.17) is 5.26 Å². The summed E-state index contributed by atoms with van der Waals surface area (Å²) in [5.41, 5.74) is 0.291. The molecule has 2 aromatic heterocycles. The molecule has 0 unspecified atom stereocenters. The van der Waals surface area contributed by atoms with Crippen LogP contribution in [-0.4, -0.2) is 9.38 Å². The van der Waals surface area contributed by atoms with Crippen LogP contribution in [0.25, 0.3) is 5.52 Å². The summed E-state index contributed by atoms with van der Waals surface area (Å²) in [4.78, 5) is 3.85. The summed E-state index contributed by atoms with van der Waals surface area (Å²) < 4.78 is 14.9. The van der Waals surface area contributed by atoms with Gasteiger partial charge in [0, 0.05) is 6.20 Å². The van der Waals surface area contributed by atoms with Gasteiger partial charge in [0.05, 0.1) is 0 Å². The molecular weight excluding hydrogens is 237 g/mol. The molecule has 5 heteroatoms. The van der Waals surface area contributed by atoms with Crippen LogP contribution in [-0.2, 0) is 0 Å². The van der Waals surface area contributed by atoms with Crippen LogP contribution >= 0.6 is 15.9 Å². The lowest BCUT2D eigenvalue weighted by Gasteiger charge is -1.94. The van der Waals surface area contributed by atoms with E-state index in [1.165, 1.54) is 16.5 Å². The van der Waals surface area contributed by atoms with E-state index in [9.17, 15) is 4.39 Å². The van der Waals surface area contributed by atoms with Crippen LogP contribution < -0.4 is 0 Å². The highest BCUT2D eigenvalue weighted by atomic mass is 79.9. The molecule has 2 aromatic rings. The molecule has 3 nitrogen and oxygen atoms in total. The fourth-order valence-electron chi connectivity index (χ4n) is 1.14. The van der Waals surface area contributed by atoms with Crippen molar-refractivity contribution in [3.63, 3.8) is 0 Å². The second kappa shape index (κ2) is 2.82. The number of fused-ring (bicyclic) bond motifs is 1. The van der Waals surface area contributed by atoms with Crippen molar-refractivity contribution in [3.8, 4) is 6.07 Å². The Bertz CT molecular complexity index is 512. The molecule has 0 aliphatic carbocycles. The lowest BCUT2D eigenvalue weighted by molar-refractivity contribution is 0.632. The zero-order chi connectivity index (χ0) is 9.42. The zero-order valence-electron chi connectivity index (χ0n) is 6.33. The highest BCUT2D eigenvalue weighted by Gasteiger charge is 2.11. The van der Waals surface area contributed by atoms with Crippen molar-refractivity contribution < 1.29 is 4.39 Å². The van der Waals surface area contributed by atoms with Gasteiger partial charge in [-0.1, -0.05) is 0 Å². The van der Waals surface area contributed by atoms with Gasteiger partial charge in [0.1, 0.15) is 22.0 Å². The minimum Gasteiger partial charge on any atom is -0.288 e. The molecule has 64 valence electrons. The van der Waals surface area contributed by atoms with E-state index in [-0.39, 0.29) is 5.82 Å². The highest BCUT2D eigenvalue weighted by molar-refractivity contribution is 9.10. The van der Waals surface area contributed by atoms with Gasteiger partial charge in [0.2, 0.25) is 5.82 Å². The molecular formula is C8H3BrFN3. The van der Waals surface area contributed by atoms with E-state index in [0.29, 0.717) is 10.1 Å². The van der Waals surface area contributed by atoms with E-state index in [1.807, 2.05) is 6.07 Å². The summed E-state index contributed by atoms with van der Waals surface area (Å²) in [6.07, 6.45) is 1.59. The maximum Gasteiger partial charge on any atom is 0.218 e. The fraction of sp³-hybridized carbons (Fsp3) is 0. The quantitative estimate of drug-likeness (QED) is 0.707. The molecule has 13 heavy (non-hydrogen) atoms. The van der Waals surface area contributed by atoms with Crippen LogP contribution in [0, 0.1) is 17.1 Å². The molecule has 0 spiro atoms. The van der Waals surface area contributed by atoms with E-state index < -0.39 is 5.82 Å². The summed E-state index contributed by atoms with van der Waals surface area (Å²) in [6, 6.07) is 4.72. The Kier molecular flexibility index (Phi) is 1.78. The predicted molar refractivity (Wildman–Crippen MR) is 47.6 cm³/mol. The van der Waals surface area contributed by atoms with Crippen LogP contribution in [0.3, 0.4) is 0 Å². The van der Waals surface area contributed by atoms with Crippen molar-refractivity contribution >= 4 is 21.4 Å². The number of nitriles is 1. The Morgan fingerprint density at radius 3 is 3.08 bits per heavy atom. The Balaban J connectivity index is 2.98. The van der Waals surface area contributed by atoms with Gasteiger partial charge >= 0.3 is 0 Å². The molecule has 0 fully saturated rings. The van der Waals surface area contributed by atoms with Gasteiger partial charge in [0.15, 0.2) is 0 Å². The first kappa shape index (κ1) is 8.20. The first-order valence-electron chi connectivity index (χ1n) is 3.46. The molecule has 0 aliphatic rings.